The normalized spacial score (nSPS) is 10.8. The number of H-pyrrole nitrogens is 1. The van der Waals surface area contributed by atoms with Crippen LogP contribution >= 0.6 is 28.1 Å². The highest BCUT2D eigenvalue weighted by atomic mass is 79.9. The minimum Gasteiger partial charge on any atom is -0.359 e. The lowest BCUT2D eigenvalue weighted by Crippen LogP contribution is -2.19. The number of benzene rings is 1. The van der Waals surface area contributed by atoms with Crippen molar-refractivity contribution in [1.29, 1.82) is 0 Å². The molecule has 2 rings (SSSR count). The number of amides is 1. The number of aromatic amines is 1. The van der Waals surface area contributed by atoms with E-state index >= 15 is 0 Å². The minimum absolute atomic E-state index is 0.0798. The summed E-state index contributed by atoms with van der Waals surface area (Å²) in [4.78, 5) is 14.2. The summed E-state index contributed by atoms with van der Waals surface area (Å²) in [7, 11) is 1.58. The van der Waals surface area contributed by atoms with Crippen LogP contribution in [-0.4, -0.2) is 22.5 Å². The van der Waals surface area contributed by atoms with E-state index in [1.807, 2.05) is 0 Å². The first-order valence-electron chi connectivity index (χ1n) is 5.31. The van der Waals surface area contributed by atoms with Crippen molar-refractivity contribution in [1.82, 2.24) is 14.9 Å². The molecule has 0 bridgehead atoms. The molecule has 0 aliphatic carbocycles. The van der Waals surface area contributed by atoms with Gasteiger partial charge in [-0.2, -0.15) is 0 Å². The highest BCUT2D eigenvalue weighted by Gasteiger charge is 2.09. The van der Waals surface area contributed by atoms with Gasteiger partial charge in [0.15, 0.2) is 4.77 Å². The summed E-state index contributed by atoms with van der Waals surface area (Å²) >= 11 is 8.29. The van der Waals surface area contributed by atoms with Crippen LogP contribution in [0.25, 0.3) is 11.0 Å². The molecule has 0 aliphatic heterocycles. The molecule has 0 radical (unpaired) electrons. The number of rotatable bonds is 3. The molecule has 18 heavy (non-hydrogen) atoms. The van der Waals surface area contributed by atoms with E-state index in [1.54, 1.807) is 17.7 Å². The fraction of sp³-hybridized carbons (Fsp3) is 0.273. The Bertz CT molecular complexity index is 664. The third-order valence-electron chi connectivity index (χ3n) is 2.66. The largest absolute Gasteiger partial charge is 0.359 e. The van der Waals surface area contributed by atoms with E-state index in [1.165, 1.54) is 6.07 Å². The maximum atomic E-state index is 13.5. The topological polar surface area (TPSA) is 49.8 Å². The lowest BCUT2D eigenvalue weighted by molar-refractivity contribution is -0.120. The van der Waals surface area contributed by atoms with Crippen LogP contribution in [0.5, 0.6) is 0 Å². The van der Waals surface area contributed by atoms with Crippen LogP contribution in [0, 0.1) is 10.6 Å². The smallest absolute Gasteiger partial charge is 0.221 e. The quantitative estimate of drug-likeness (QED) is 0.849. The Kier molecular flexibility index (Phi) is 3.82. The van der Waals surface area contributed by atoms with E-state index in [-0.39, 0.29) is 11.7 Å². The number of nitrogens with one attached hydrogen (secondary N) is 2. The Labute approximate surface area is 116 Å². The van der Waals surface area contributed by atoms with Crippen molar-refractivity contribution in [3.63, 3.8) is 0 Å². The minimum atomic E-state index is -0.356. The summed E-state index contributed by atoms with van der Waals surface area (Å²) in [5, 5.41) is 2.54. The van der Waals surface area contributed by atoms with Gasteiger partial charge in [0.1, 0.15) is 5.82 Å². The van der Waals surface area contributed by atoms with Gasteiger partial charge in [-0.15, -0.1) is 0 Å². The number of nitrogens with zero attached hydrogens (tertiary/aromatic N) is 1. The van der Waals surface area contributed by atoms with Gasteiger partial charge < -0.3 is 14.9 Å². The fourth-order valence-electron chi connectivity index (χ4n) is 1.71. The molecule has 0 saturated heterocycles. The highest BCUT2D eigenvalue weighted by Crippen LogP contribution is 2.23. The van der Waals surface area contributed by atoms with Crippen LogP contribution in [-0.2, 0) is 11.3 Å². The molecule has 2 aromatic rings. The van der Waals surface area contributed by atoms with E-state index in [0.29, 0.717) is 27.7 Å². The first kappa shape index (κ1) is 13.2. The SMILES string of the molecule is CNC(=O)CCn1c(=S)[nH]c2cc(Br)c(F)cc21. The molecule has 1 aromatic heterocycles. The Hall–Kier alpha value is -1.21. The van der Waals surface area contributed by atoms with Crippen molar-refractivity contribution >= 4 is 45.1 Å². The van der Waals surface area contributed by atoms with Gasteiger partial charge in [-0.05, 0) is 34.2 Å². The standard InChI is InChI=1S/C11H11BrFN3OS/c1-14-10(17)2-3-16-9-5-7(13)6(12)4-8(9)15-11(16)18/h4-5H,2-3H2,1H3,(H,14,17)(H,15,18). The fourth-order valence-corrected chi connectivity index (χ4v) is 2.36. The van der Waals surface area contributed by atoms with E-state index in [0.717, 1.165) is 5.52 Å². The number of carbonyl (C=O) groups is 1. The van der Waals surface area contributed by atoms with Gasteiger partial charge in [-0.3, -0.25) is 4.79 Å². The number of hydrogen-bond acceptors (Lipinski definition) is 2. The first-order chi connectivity index (χ1) is 8.52. The molecular weight excluding hydrogens is 321 g/mol. The summed E-state index contributed by atoms with van der Waals surface area (Å²) in [5.74, 6) is -0.436. The number of fused-ring (bicyclic) bond motifs is 1. The molecule has 1 heterocycles. The maximum absolute atomic E-state index is 13.5. The van der Waals surface area contributed by atoms with Crippen molar-refractivity contribution in [2.75, 3.05) is 7.05 Å². The van der Waals surface area contributed by atoms with Gasteiger partial charge in [-0.25, -0.2) is 4.39 Å². The van der Waals surface area contributed by atoms with E-state index in [4.69, 9.17) is 12.2 Å². The number of hydrogen-bond donors (Lipinski definition) is 2. The number of imidazole rings is 1. The molecule has 0 fully saturated rings. The molecule has 0 atom stereocenters. The second-order valence-corrected chi connectivity index (χ2v) is 5.03. The van der Waals surface area contributed by atoms with Crippen molar-refractivity contribution in [2.24, 2.45) is 0 Å². The van der Waals surface area contributed by atoms with Crippen LogP contribution in [0.1, 0.15) is 6.42 Å². The lowest BCUT2D eigenvalue weighted by Gasteiger charge is -2.04. The Morgan fingerprint density at radius 2 is 2.33 bits per heavy atom. The highest BCUT2D eigenvalue weighted by molar-refractivity contribution is 9.10. The lowest BCUT2D eigenvalue weighted by atomic mass is 10.3. The van der Waals surface area contributed by atoms with E-state index < -0.39 is 0 Å². The Morgan fingerprint density at radius 1 is 1.61 bits per heavy atom. The number of aromatic nitrogens is 2. The summed E-state index contributed by atoms with van der Waals surface area (Å²) in [5.41, 5.74) is 1.40. The molecule has 0 saturated carbocycles. The van der Waals surface area contributed by atoms with Crippen LogP contribution in [0.3, 0.4) is 0 Å². The second-order valence-electron chi connectivity index (χ2n) is 3.79. The van der Waals surface area contributed by atoms with Gasteiger partial charge >= 0.3 is 0 Å². The zero-order valence-electron chi connectivity index (χ0n) is 9.59. The zero-order chi connectivity index (χ0) is 13.3. The van der Waals surface area contributed by atoms with Crippen molar-refractivity contribution < 1.29 is 9.18 Å². The molecule has 96 valence electrons. The molecule has 7 heteroatoms. The van der Waals surface area contributed by atoms with Gasteiger partial charge in [0.25, 0.3) is 0 Å². The third kappa shape index (κ3) is 2.46. The monoisotopic (exact) mass is 331 g/mol. The van der Waals surface area contributed by atoms with Gasteiger partial charge in [0.2, 0.25) is 5.91 Å². The molecule has 0 unspecified atom stereocenters. The summed E-state index contributed by atoms with van der Waals surface area (Å²) in [6.07, 6.45) is 0.301. The van der Waals surface area contributed by atoms with E-state index in [2.05, 4.69) is 26.2 Å². The van der Waals surface area contributed by atoms with Gasteiger partial charge in [-0.1, -0.05) is 0 Å². The predicted molar refractivity (Wildman–Crippen MR) is 73.5 cm³/mol. The van der Waals surface area contributed by atoms with Gasteiger partial charge in [0, 0.05) is 26.1 Å². The number of aryl methyl sites for hydroxylation is 1. The summed E-state index contributed by atoms with van der Waals surface area (Å²) in [6, 6.07) is 3.03. The molecule has 0 aliphatic rings. The van der Waals surface area contributed by atoms with Gasteiger partial charge in [0.05, 0.1) is 15.5 Å². The van der Waals surface area contributed by atoms with E-state index in [9.17, 15) is 9.18 Å². The average molecular weight is 332 g/mol. The Morgan fingerprint density at radius 3 is 3.00 bits per heavy atom. The zero-order valence-corrected chi connectivity index (χ0v) is 12.0. The molecular formula is C11H11BrFN3OS. The molecule has 1 aromatic carbocycles. The van der Waals surface area contributed by atoms with Crippen LogP contribution in [0.4, 0.5) is 4.39 Å². The molecule has 1 amide bonds. The maximum Gasteiger partial charge on any atom is 0.221 e. The number of halogens is 2. The number of carbonyl (C=O) groups excluding carboxylic acids is 1. The summed E-state index contributed by atoms with van der Waals surface area (Å²) < 4.78 is 16.1. The molecule has 0 spiro atoms. The van der Waals surface area contributed by atoms with Crippen molar-refractivity contribution in [3.05, 3.63) is 27.2 Å². The van der Waals surface area contributed by atoms with Crippen molar-refractivity contribution in [3.8, 4) is 0 Å². The molecule has 2 N–H and O–H groups in total. The first-order valence-corrected chi connectivity index (χ1v) is 6.51. The van der Waals surface area contributed by atoms with Crippen molar-refractivity contribution in [2.45, 2.75) is 13.0 Å². The molecule has 4 nitrogen and oxygen atoms in total. The van der Waals surface area contributed by atoms with Crippen LogP contribution in [0.15, 0.2) is 16.6 Å². The van der Waals surface area contributed by atoms with Crippen LogP contribution < -0.4 is 5.32 Å². The average Bonchev–Trinajstić information content (AvgIpc) is 2.62. The summed E-state index contributed by atoms with van der Waals surface area (Å²) in [6.45, 7) is 0.416. The predicted octanol–water partition coefficient (Wildman–Crippen LogP) is 2.74. The third-order valence-corrected chi connectivity index (χ3v) is 3.59. The second kappa shape index (κ2) is 5.19. The Balaban J connectivity index is 2.44. The van der Waals surface area contributed by atoms with Crippen LogP contribution in [0.2, 0.25) is 0 Å².